The summed E-state index contributed by atoms with van der Waals surface area (Å²) in [5.74, 6) is 7.03. The molecule has 4 aliphatic heterocycles. The maximum absolute atomic E-state index is 6.67. The van der Waals surface area contributed by atoms with Crippen molar-refractivity contribution in [3.63, 3.8) is 0 Å². The molecule has 8 heteroatoms. The first-order chi connectivity index (χ1) is 22.8. The van der Waals surface area contributed by atoms with Gasteiger partial charge in [0.1, 0.15) is 46.0 Å². The largest absolute Gasteiger partial charge is 0.458 e. The Morgan fingerprint density at radius 2 is 0.761 bits per heavy atom. The monoisotopic (exact) mass is 594 g/mol. The standard InChI is InChI=1S/C38H20B2O6/c1-3-9-21(10-4-1)31-19-25-37(45-31)43-29-15-7-13-27-35(29)39(25)23-17-34-24(18-33(23)41-27)40-26-20-32(22-11-5-2-6-12-22)46-38(26)44-30-16-8-14-28(42-34)36(30)40/h1-20H. The fourth-order valence-electron chi connectivity index (χ4n) is 7.41. The van der Waals surface area contributed by atoms with E-state index in [4.69, 9.17) is 27.8 Å². The van der Waals surface area contributed by atoms with E-state index in [2.05, 4.69) is 24.3 Å². The van der Waals surface area contributed by atoms with Gasteiger partial charge in [0.05, 0.1) is 0 Å². The predicted molar refractivity (Wildman–Crippen MR) is 177 cm³/mol. The first kappa shape index (κ1) is 24.3. The molecule has 6 nitrogen and oxygen atoms in total. The molecule has 0 saturated heterocycles. The van der Waals surface area contributed by atoms with E-state index in [1.807, 2.05) is 97.1 Å². The second kappa shape index (κ2) is 8.79. The van der Waals surface area contributed by atoms with E-state index in [-0.39, 0.29) is 13.4 Å². The number of hydrogen-bond donors (Lipinski definition) is 0. The molecule has 6 heterocycles. The summed E-state index contributed by atoms with van der Waals surface area (Å²) >= 11 is 0. The number of hydrogen-bond acceptors (Lipinski definition) is 6. The van der Waals surface area contributed by atoms with Gasteiger partial charge in [-0.05, 0) is 59.5 Å². The second-order valence-corrected chi connectivity index (χ2v) is 12.0. The first-order valence-electron chi connectivity index (χ1n) is 15.3. The van der Waals surface area contributed by atoms with Gasteiger partial charge in [-0.1, -0.05) is 72.8 Å². The zero-order chi connectivity index (χ0) is 29.9. The lowest BCUT2D eigenvalue weighted by Crippen LogP contribution is -2.60. The Balaban J connectivity index is 1.11. The summed E-state index contributed by atoms with van der Waals surface area (Å²) in [6, 6.07) is 40.4. The lowest BCUT2D eigenvalue weighted by Gasteiger charge is -2.34. The van der Waals surface area contributed by atoms with Crippen LogP contribution in [0.1, 0.15) is 0 Å². The third kappa shape index (κ3) is 3.27. The van der Waals surface area contributed by atoms with E-state index in [0.717, 1.165) is 89.9 Å². The third-order valence-electron chi connectivity index (χ3n) is 9.43. The number of fused-ring (bicyclic) bond motifs is 8. The molecule has 0 aliphatic carbocycles. The normalized spacial score (nSPS) is 13.8. The Bertz CT molecular complexity index is 2230. The smallest absolute Gasteiger partial charge is 0.285 e. The molecule has 0 bridgehead atoms. The molecule has 0 N–H and O–H groups in total. The minimum Gasteiger partial charge on any atom is -0.458 e. The summed E-state index contributed by atoms with van der Waals surface area (Å²) in [5, 5.41) is 0. The highest BCUT2D eigenvalue weighted by Crippen LogP contribution is 2.40. The summed E-state index contributed by atoms with van der Waals surface area (Å²) in [5.41, 5.74) is 7.84. The van der Waals surface area contributed by atoms with Gasteiger partial charge in [0.25, 0.3) is 25.3 Å². The highest BCUT2D eigenvalue weighted by Gasteiger charge is 2.46. The van der Waals surface area contributed by atoms with Gasteiger partial charge in [-0.15, -0.1) is 0 Å². The lowest BCUT2D eigenvalue weighted by molar-refractivity contribution is 0.352. The molecule has 2 aromatic heterocycles. The zero-order valence-electron chi connectivity index (χ0n) is 24.2. The van der Waals surface area contributed by atoms with Gasteiger partial charge in [-0.25, -0.2) is 0 Å². The van der Waals surface area contributed by atoms with Crippen LogP contribution in [-0.2, 0) is 0 Å². The SMILES string of the molecule is c1ccc(-c2cc3c(o2)Oc2cccc4c2B3c2cc3c(cc2O4)B2c4cc(-c5ccccc5)oc4Oc4cccc(c42)O3)cc1. The van der Waals surface area contributed by atoms with Gasteiger partial charge >= 0.3 is 0 Å². The molecule has 0 atom stereocenters. The van der Waals surface area contributed by atoms with Crippen LogP contribution >= 0.6 is 0 Å². The molecule has 0 radical (unpaired) electrons. The summed E-state index contributed by atoms with van der Waals surface area (Å²) in [6.07, 6.45) is 0. The molecule has 0 unspecified atom stereocenters. The highest BCUT2D eigenvalue weighted by molar-refractivity contribution is 7.00. The average molecular weight is 594 g/mol. The first-order valence-corrected chi connectivity index (χ1v) is 15.3. The third-order valence-corrected chi connectivity index (χ3v) is 9.43. The van der Waals surface area contributed by atoms with Crippen molar-refractivity contribution in [3.05, 3.63) is 121 Å². The predicted octanol–water partition coefficient (Wildman–Crippen LogP) is 5.66. The topological polar surface area (TPSA) is 63.2 Å². The fourth-order valence-corrected chi connectivity index (χ4v) is 7.41. The Kier molecular flexibility index (Phi) is 4.65. The van der Waals surface area contributed by atoms with Crippen LogP contribution in [0.15, 0.2) is 130 Å². The van der Waals surface area contributed by atoms with Crippen LogP contribution in [0.25, 0.3) is 22.6 Å². The van der Waals surface area contributed by atoms with Gasteiger partial charge < -0.3 is 27.8 Å². The van der Waals surface area contributed by atoms with Crippen molar-refractivity contribution in [2.75, 3.05) is 0 Å². The van der Waals surface area contributed by atoms with Gasteiger partial charge in [-0.3, -0.25) is 0 Å². The lowest BCUT2D eigenvalue weighted by atomic mass is 9.33. The second-order valence-electron chi connectivity index (χ2n) is 12.0. The zero-order valence-corrected chi connectivity index (χ0v) is 24.2. The van der Waals surface area contributed by atoms with Gasteiger partial charge in [0.15, 0.2) is 0 Å². The Morgan fingerprint density at radius 1 is 0.348 bits per heavy atom. The van der Waals surface area contributed by atoms with Crippen LogP contribution in [0.3, 0.4) is 0 Å². The molecular weight excluding hydrogens is 574 g/mol. The molecule has 46 heavy (non-hydrogen) atoms. The maximum atomic E-state index is 6.67. The molecule has 5 aromatic carbocycles. The minimum atomic E-state index is -0.162. The average Bonchev–Trinajstić information content (AvgIpc) is 3.73. The summed E-state index contributed by atoms with van der Waals surface area (Å²) in [4.78, 5) is 0. The van der Waals surface area contributed by atoms with E-state index in [1.165, 1.54) is 0 Å². The molecule has 7 aromatic rings. The van der Waals surface area contributed by atoms with Crippen LogP contribution in [0.2, 0.25) is 0 Å². The van der Waals surface area contributed by atoms with Crippen LogP contribution < -0.4 is 51.7 Å². The van der Waals surface area contributed by atoms with Gasteiger partial charge in [-0.2, -0.15) is 0 Å². The number of ether oxygens (including phenoxy) is 4. The van der Waals surface area contributed by atoms with Crippen molar-refractivity contribution in [3.8, 4) is 69.0 Å². The number of benzene rings is 5. The van der Waals surface area contributed by atoms with E-state index < -0.39 is 0 Å². The summed E-state index contributed by atoms with van der Waals surface area (Å²) in [6.45, 7) is -0.323. The number of furan rings is 2. The van der Waals surface area contributed by atoms with E-state index in [9.17, 15) is 0 Å². The van der Waals surface area contributed by atoms with Crippen molar-refractivity contribution in [2.24, 2.45) is 0 Å². The molecule has 0 saturated carbocycles. The van der Waals surface area contributed by atoms with Crippen LogP contribution in [0, 0.1) is 0 Å². The van der Waals surface area contributed by atoms with Crippen molar-refractivity contribution >= 4 is 46.2 Å². The molecule has 11 rings (SSSR count). The van der Waals surface area contributed by atoms with Gasteiger partial charge in [0, 0.05) is 33.0 Å². The Morgan fingerprint density at radius 3 is 1.20 bits per heavy atom. The molecule has 4 aliphatic rings. The quantitative estimate of drug-likeness (QED) is 0.241. The molecular formula is C38H20B2O6. The summed E-state index contributed by atoms with van der Waals surface area (Å²) in [7, 11) is 0. The summed E-state index contributed by atoms with van der Waals surface area (Å²) < 4.78 is 38.7. The Labute approximate surface area is 263 Å². The maximum Gasteiger partial charge on any atom is 0.285 e. The van der Waals surface area contributed by atoms with Crippen LogP contribution in [0.4, 0.5) is 0 Å². The van der Waals surface area contributed by atoms with Crippen LogP contribution in [-0.4, -0.2) is 13.4 Å². The molecule has 0 amide bonds. The molecule has 214 valence electrons. The van der Waals surface area contributed by atoms with Crippen molar-refractivity contribution < 1.29 is 27.8 Å². The van der Waals surface area contributed by atoms with E-state index in [1.54, 1.807) is 0 Å². The molecule has 0 fully saturated rings. The minimum absolute atomic E-state index is 0.162. The molecule has 0 spiro atoms. The van der Waals surface area contributed by atoms with E-state index in [0.29, 0.717) is 11.9 Å². The van der Waals surface area contributed by atoms with Gasteiger partial charge in [0.2, 0.25) is 0 Å². The van der Waals surface area contributed by atoms with E-state index >= 15 is 0 Å². The fraction of sp³-hybridized carbons (Fsp3) is 0. The van der Waals surface area contributed by atoms with Crippen molar-refractivity contribution in [2.45, 2.75) is 0 Å². The van der Waals surface area contributed by atoms with Crippen LogP contribution in [0.5, 0.6) is 46.4 Å². The Hall–Kier alpha value is -6.01. The van der Waals surface area contributed by atoms with Crippen molar-refractivity contribution in [1.82, 2.24) is 0 Å². The highest BCUT2D eigenvalue weighted by atomic mass is 16.6. The van der Waals surface area contributed by atoms with Crippen molar-refractivity contribution in [1.29, 1.82) is 0 Å². The number of rotatable bonds is 2.